The molecule has 0 unspecified atom stereocenters. The molecular formula is C94H56N6S2. The van der Waals surface area contributed by atoms with Crippen molar-refractivity contribution in [3.8, 4) is 67.8 Å². The van der Waals surface area contributed by atoms with Crippen molar-refractivity contribution in [3.63, 3.8) is 0 Å². The first-order chi connectivity index (χ1) is 50.6. The van der Waals surface area contributed by atoms with Crippen LogP contribution in [0.25, 0.3) is 206 Å². The van der Waals surface area contributed by atoms with Crippen LogP contribution in [-0.4, -0.2) is 29.1 Å². The lowest BCUT2D eigenvalue weighted by molar-refractivity contribution is 1.18. The lowest BCUT2D eigenvalue weighted by Gasteiger charge is -2.13. The third kappa shape index (κ3) is 9.10. The maximum absolute atomic E-state index is 5.26. The van der Waals surface area contributed by atoms with Gasteiger partial charge < -0.3 is 9.13 Å². The van der Waals surface area contributed by atoms with Crippen LogP contribution in [-0.2, 0) is 0 Å². The van der Waals surface area contributed by atoms with Crippen LogP contribution in [0.15, 0.2) is 340 Å². The largest absolute Gasteiger partial charge is 0.309 e. The SMILES string of the molecule is c1ccc(-c2cccc(-c3nc(-c4ccc(-n5c6ccccc6c6c7sc8ccccc8c7c7ccccc7c65)cc4)nc4ccccc34)c2)cc1.c1ccc2c(-c3nc(-c4ccc(-n5c6ccccc6c6c7sc8ccccc8c7c7ccccc7c65)cc4)nc4ccccc34)cccc2c1. The molecule has 474 valence electrons. The third-order valence-electron chi connectivity index (χ3n) is 20.6. The molecular weight excluding hydrogens is 1280 g/mol. The van der Waals surface area contributed by atoms with Gasteiger partial charge >= 0.3 is 0 Å². The molecule has 0 atom stereocenters. The van der Waals surface area contributed by atoms with Gasteiger partial charge in [0.1, 0.15) is 0 Å². The van der Waals surface area contributed by atoms with E-state index in [-0.39, 0.29) is 0 Å². The molecule has 0 radical (unpaired) electrons. The van der Waals surface area contributed by atoms with E-state index in [9.17, 15) is 0 Å². The molecule has 22 rings (SSSR count). The zero-order valence-corrected chi connectivity index (χ0v) is 56.5. The molecule has 0 fully saturated rings. The van der Waals surface area contributed by atoms with Crippen LogP contribution >= 0.6 is 22.7 Å². The highest BCUT2D eigenvalue weighted by atomic mass is 32.1. The zero-order valence-electron chi connectivity index (χ0n) is 54.8. The maximum Gasteiger partial charge on any atom is 0.160 e. The average molecular weight is 1330 g/mol. The van der Waals surface area contributed by atoms with E-state index in [0.29, 0.717) is 5.82 Å². The summed E-state index contributed by atoms with van der Waals surface area (Å²) in [6.45, 7) is 0. The molecule has 0 spiro atoms. The van der Waals surface area contributed by atoms with Crippen LogP contribution < -0.4 is 0 Å². The summed E-state index contributed by atoms with van der Waals surface area (Å²) >= 11 is 3.80. The van der Waals surface area contributed by atoms with Gasteiger partial charge in [-0.3, -0.25) is 0 Å². The molecule has 6 nitrogen and oxygen atoms in total. The van der Waals surface area contributed by atoms with Crippen molar-refractivity contribution in [2.75, 3.05) is 0 Å². The summed E-state index contributed by atoms with van der Waals surface area (Å²) in [5.41, 5.74) is 17.4. The van der Waals surface area contributed by atoms with Crippen molar-refractivity contribution >= 4 is 161 Å². The Morgan fingerprint density at radius 1 is 0.235 bits per heavy atom. The fraction of sp³-hybridized carbons (Fsp3) is 0. The normalized spacial score (nSPS) is 11.9. The van der Waals surface area contributed by atoms with E-state index >= 15 is 0 Å². The van der Waals surface area contributed by atoms with Gasteiger partial charge in [0.05, 0.1) is 44.5 Å². The Balaban J connectivity index is 0.000000133. The van der Waals surface area contributed by atoms with Crippen molar-refractivity contribution in [2.45, 2.75) is 0 Å². The van der Waals surface area contributed by atoms with Gasteiger partial charge in [-0.1, -0.05) is 249 Å². The van der Waals surface area contributed by atoms with Crippen LogP contribution in [0.3, 0.4) is 0 Å². The summed E-state index contributed by atoms with van der Waals surface area (Å²) in [4.78, 5) is 20.7. The summed E-state index contributed by atoms with van der Waals surface area (Å²) in [6.07, 6.45) is 0. The fourth-order valence-corrected chi connectivity index (χ4v) is 18.6. The molecule has 0 aliphatic carbocycles. The Morgan fingerprint density at radius 2 is 0.627 bits per heavy atom. The number of hydrogen-bond donors (Lipinski definition) is 0. The second-order valence-corrected chi connectivity index (χ2v) is 28.3. The molecule has 6 aromatic heterocycles. The lowest BCUT2D eigenvalue weighted by Crippen LogP contribution is -1.97. The number of nitrogens with zero attached hydrogens (tertiary/aromatic N) is 6. The van der Waals surface area contributed by atoms with Crippen LogP contribution in [0.2, 0.25) is 0 Å². The summed E-state index contributed by atoms with van der Waals surface area (Å²) < 4.78 is 10.2. The van der Waals surface area contributed by atoms with Crippen molar-refractivity contribution in [1.82, 2.24) is 29.1 Å². The highest BCUT2D eigenvalue weighted by Gasteiger charge is 2.25. The Labute approximate surface area is 593 Å². The van der Waals surface area contributed by atoms with Crippen LogP contribution in [0.4, 0.5) is 0 Å². The first-order valence-electron chi connectivity index (χ1n) is 34.5. The fourth-order valence-electron chi connectivity index (χ4n) is 16.0. The van der Waals surface area contributed by atoms with Crippen molar-refractivity contribution in [3.05, 3.63) is 340 Å². The molecule has 0 aliphatic rings. The number of aromatic nitrogens is 6. The molecule has 0 aliphatic heterocycles. The minimum Gasteiger partial charge on any atom is -0.309 e. The van der Waals surface area contributed by atoms with Crippen LogP contribution in [0.1, 0.15) is 0 Å². The van der Waals surface area contributed by atoms with Crippen LogP contribution in [0, 0.1) is 0 Å². The lowest BCUT2D eigenvalue weighted by atomic mass is 9.99. The number of rotatable bonds is 7. The monoisotopic (exact) mass is 1330 g/mol. The van der Waals surface area contributed by atoms with Crippen molar-refractivity contribution < 1.29 is 0 Å². The predicted molar refractivity (Wildman–Crippen MR) is 433 cm³/mol. The molecule has 0 bridgehead atoms. The van der Waals surface area contributed by atoms with E-state index in [2.05, 4.69) is 343 Å². The number of para-hydroxylation sites is 4. The van der Waals surface area contributed by atoms with Gasteiger partial charge in [-0.25, -0.2) is 19.9 Å². The second kappa shape index (κ2) is 23.3. The number of benzene rings is 16. The number of thiophene rings is 2. The zero-order chi connectivity index (χ0) is 66.9. The van der Waals surface area contributed by atoms with E-state index in [1.165, 1.54) is 127 Å². The van der Waals surface area contributed by atoms with E-state index in [0.717, 1.165) is 72.6 Å². The molecule has 0 saturated heterocycles. The third-order valence-corrected chi connectivity index (χ3v) is 22.9. The molecule has 0 saturated carbocycles. The van der Waals surface area contributed by atoms with Gasteiger partial charge in [-0.15, -0.1) is 22.7 Å². The second-order valence-electron chi connectivity index (χ2n) is 26.2. The van der Waals surface area contributed by atoms with Gasteiger partial charge in [-0.2, -0.15) is 0 Å². The minimum atomic E-state index is 0.713. The molecule has 0 amide bonds. The summed E-state index contributed by atoms with van der Waals surface area (Å²) in [5.74, 6) is 1.43. The minimum absolute atomic E-state index is 0.713. The Bertz CT molecular complexity index is 7180. The predicted octanol–water partition coefficient (Wildman–Crippen LogP) is 26.0. The van der Waals surface area contributed by atoms with Gasteiger partial charge in [-0.05, 0) is 124 Å². The van der Waals surface area contributed by atoms with E-state index in [1.54, 1.807) is 0 Å². The molecule has 8 heteroatoms. The molecule has 16 aromatic carbocycles. The highest BCUT2D eigenvalue weighted by molar-refractivity contribution is 7.27. The topological polar surface area (TPSA) is 61.4 Å². The Hall–Kier alpha value is -13.0. The van der Waals surface area contributed by atoms with Crippen molar-refractivity contribution in [1.29, 1.82) is 0 Å². The van der Waals surface area contributed by atoms with Gasteiger partial charge in [0.15, 0.2) is 11.6 Å². The average Bonchev–Trinajstić information content (AvgIpc) is 1.54. The highest BCUT2D eigenvalue weighted by Crippen LogP contribution is 2.51. The summed E-state index contributed by atoms with van der Waals surface area (Å²) in [7, 11) is 0. The summed E-state index contributed by atoms with van der Waals surface area (Å²) in [5, 5.41) is 20.1. The van der Waals surface area contributed by atoms with E-state index in [1.807, 2.05) is 28.7 Å². The molecule has 22 aromatic rings. The van der Waals surface area contributed by atoms with E-state index in [4.69, 9.17) is 19.9 Å². The standard InChI is InChI=1S/C48H29N3S.C46H27N3S/c1-2-13-30(14-3-1)32-15-12-16-33(29-32)45-37-19-6-9-22-40(37)49-48(50-45)31-25-27-34(28-26-31)51-41-23-10-7-20-38(41)44-46(51)36-18-5-4-17-35(36)43-39-21-8-11-24-42(39)52-47(43)44;1-2-14-31-28(12-1)13-11-20-33(31)43-35-17-5-8-21-38(35)47-46(48-43)29-24-26-30(27-25-29)49-39-22-9-6-18-36(39)42-44(49)34-16-4-3-15-32(34)41-37-19-7-10-23-40(37)50-45(41)42/h1-29H;1-27H. The number of fused-ring (bicyclic) bond motifs is 23. The van der Waals surface area contributed by atoms with E-state index < -0.39 is 0 Å². The quantitative estimate of drug-likeness (QED) is 0.160. The number of hydrogen-bond acceptors (Lipinski definition) is 6. The first-order valence-corrected chi connectivity index (χ1v) is 36.1. The van der Waals surface area contributed by atoms with Gasteiger partial charge in [0.25, 0.3) is 0 Å². The van der Waals surface area contributed by atoms with Crippen molar-refractivity contribution in [2.24, 2.45) is 0 Å². The maximum atomic E-state index is 5.26. The van der Waals surface area contributed by atoms with Gasteiger partial charge in [0.2, 0.25) is 0 Å². The Kier molecular flexibility index (Phi) is 13.3. The molecule has 6 heterocycles. The Morgan fingerprint density at radius 3 is 1.18 bits per heavy atom. The molecule has 0 N–H and O–H groups in total. The van der Waals surface area contributed by atoms with Gasteiger partial charge in [0, 0.05) is 117 Å². The smallest absolute Gasteiger partial charge is 0.160 e. The van der Waals surface area contributed by atoms with Crippen LogP contribution in [0.5, 0.6) is 0 Å². The first kappa shape index (κ1) is 58.0. The molecule has 102 heavy (non-hydrogen) atoms. The summed E-state index contributed by atoms with van der Waals surface area (Å²) in [6, 6.07) is 121.